The molecule has 0 heterocycles. The van der Waals surface area contributed by atoms with Crippen molar-refractivity contribution in [2.24, 2.45) is 5.73 Å². The second kappa shape index (κ2) is 7.33. The summed E-state index contributed by atoms with van der Waals surface area (Å²) < 4.78 is 16.3. The molecule has 0 saturated carbocycles. The van der Waals surface area contributed by atoms with Crippen LogP contribution in [0.25, 0.3) is 0 Å². The van der Waals surface area contributed by atoms with Crippen LogP contribution in [0.5, 0.6) is 17.2 Å². The van der Waals surface area contributed by atoms with Gasteiger partial charge in [0.15, 0.2) is 11.5 Å². The third-order valence-electron chi connectivity index (χ3n) is 3.79. The first kappa shape index (κ1) is 15.7. The van der Waals surface area contributed by atoms with Crippen molar-refractivity contribution in [3.05, 3.63) is 29.8 Å². The van der Waals surface area contributed by atoms with Gasteiger partial charge in [-0.2, -0.15) is 0 Å². The number of ether oxygens (including phenoxy) is 3. The van der Waals surface area contributed by atoms with Crippen molar-refractivity contribution < 1.29 is 14.2 Å². The third-order valence-corrected chi connectivity index (χ3v) is 3.79. The second-order valence-corrected chi connectivity index (χ2v) is 5.02. The maximum absolute atomic E-state index is 5.96. The fraction of sp³-hybridized carbons (Fsp3) is 0.500. The Labute approximate surface area is 126 Å². The lowest BCUT2D eigenvalue weighted by molar-refractivity contribution is 0.317. The van der Waals surface area contributed by atoms with Gasteiger partial charge in [0.2, 0.25) is 5.75 Å². The Morgan fingerprint density at radius 1 is 1.10 bits per heavy atom. The van der Waals surface area contributed by atoms with Gasteiger partial charge < -0.3 is 25.3 Å². The molecule has 1 atom stereocenters. The number of methoxy groups -OCH3 is 3. The van der Waals surface area contributed by atoms with Gasteiger partial charge in [-0.25, -0.2) is 0 Å². The standard InChI is InChI=1S/C16H24N2O3/c1-19-14-9-8-12(15(20-2)16(14)21-3)13(10-17)18-11-6-4-5-7-11/h4-5,8-9,11,13,18H,6-7,10,17H2,1-3H3. The van der Waals surface area contributed by atoms with E-state index in [0.29, 0.717) is 29.8 Å². The zero-order valence-electron chi connectivity index (χ0n) is 12.9. The second-order valence-electron chi connectivity index (χ2n) is 5.02. The quantitative estimate of drug-likeness (QED) is 0.753. The van der Waals surface area contributed by atoms with E-state index >= 15 is 0 Å². The van der Waals surface area contributed by atoms with E-state index in [2.05, 4.69) is 17.5 Å². The summed E-state index contributed by atoms with van der Waals surface area (Å²) in [6.45, 7) is 0.488. The van der Waals surface area contributed by atoms with Crippen LogP contribution in [0, 0.1) is 0 Å². The lowest BCUT2D eigenvalue weighted by Gasteiger charge is -2.25. The molecule has 21 heavy (non-hydrogen) atoms. The number of nitrogens with two attached hydrogens (primary N) is 1. The fourth-order valence-electron chi connectivity index (χ4n) is 2.72. The molecule has 0 radical (unpaired) electrons. The molecule has 5 heteroatoms. The summed E-state index contributed by atoms with van der Waals surface area (Å²) in [6.07, 6.45) is 6.45. The van der Waals surface area contributed by atoms with E-state index in [1.54, 1.807) is 21.3 Å². The SMILES string of the molecule is COc1ccc(C(CN)NC2CC=CC2)c(OC)c1OC. The lowest BCUT2D eigenvalue weighted by atomic mass is 10.0. The van der Waals surface area contributed by atoms with Gasteiger partial charge in [0, 0.05) is 24.2 Å². The van der Waals surface area contributed by atoms with Gasteiger partial charge in [-0.1, -0.05) is 12.2 Å². The molecule has 1 aromatic carbocycles. The van der Waals surface area contributed by atoms with Crippen LogP contribution in [0.15, 0.2) is 24.3 Å². The predicted octanol–water partition coefficient (Wildman–Crippen LogP) is 2.02. The highest BCUT2D eigenvalue weighted by molar-refractivity contribution is 5.56. The average Bonchev–Trinajstić information content (AvgIpc) is 3.04. The van der Waals surface area contributed by atoms with Gasteiger partial charge >= 0.3 is 0 Å². The summed E-state index contributed by atoms with van der Waals surface area (Å²) >= 11 is 0. The molecule has 5 nitrogen and oxygen atoms in total. The molecule has 1 aliphatic rings. The van der Waals surface area contributed by atoms with Gasteiger partial charge in [-0.3, -0.25) is 0 Å². The van der Waals surface area contributed by atoms with Crippen molar-refractivity contribution >= 4 is 0 Å². The Kier molecular flexibility index (Phi) is 5.47. The molecule has 1 unspecified atom stereocenters. The first-order chi connectivity index (χ1) is 10.2. The highest BCUT2D eigenvalue weighted by atomic mass is 16.5. The molecule has 0 saturated heterocycles. The zero-order chi connectivity index (χ0) is 15.2. The van der Waals surface area contributed by atoms with Crippen LogP contribution in [-0.2, 0) is 0 Å². The van der Waals surface area contributed by atoms with E-state index in [-0.39, 0.29) is 6.04 Å². The third kappa shape index (κ3) is 3.31. The minimum Gasteiger partial charge on any atom is -0.493 e. The molecule has 1 aromatic rings. The maximum Gasteiger partial charge on any atom is 0.203 e. The predicted molar refractivity (Wildman–Crippen MR) is 83.2 cm³/mol. The first-order valence-electron chi connectivity index (χ1n) is 7.15. The van der Waals surface area contributed by atoms with Crippen molar-refractivity contribution in [1.82, 2.24) is 5.32 Å². The van der Waals surface area contributed by atoms with E-state index in [4.69, 9.17) is 19.9 Å². The van der Waals surface area contributed by atoms with Crippen molar-refractivity contribution in [3.8, 4) is 17.2 Å². The molecule has 0 aliphatic heterocycles. The van der Waals surface area contributed by atoms with Crippen LogP contribution in [0.3, 0.4) is 0 Å². The van der Waals surface area contributed by atoms with E-state index in [0.717, 1.165) is 18.4 Å². The Hall–Kier alpha value is -1.72. The highest BCUT2D eigenvalue weighted by Gasteiger charge is 2.23. The normalized spacial score (nSPS) is 16.0. The van der Waals surface area contributed by atoms with E-state index in [9.17, 15) is 0 Å². The summed E-state index contributed by atoms with van der Waals surface area (Å²) in [6, 6.07) is 4.31. The molecule has 1 aliphatic carbocycles. The monoisotopic (exact) mass is 292 g/mol. The molecule has 0 amide bonds. The summed E-state index contributed by atoms with van der Waals surface area (Å²) in [5.41, 5.74) is 6.95. The minimum absolute atomic E-state index is 0.0182. The molecule has 0 aromatic heterocycles. The first-order valence-corrected chi connectivity index (χ1v) is 7.15. The molecule has 0 bridgehead atoms. The number of hydrogen-bond donors (Lipinski definition) is 2. The molecular formula is C16H24N2O3. The Morgan fingerprint density at radius 3 is 2.29 bits per heavy atom. The van der Waals surface area contributed by atoms with Crippen LogP contribution in [0.2, 0.25) is 0 Å². The summed E-state index contributed by atoms with van der Waals surface area (Å²) in [7, 11) is 4.85. The van der Waals surface area contributed by atoms with Crippen molar-refractivity contribution in [2.45, 2.75) is 24.9 Å². The molecule has 0 spiro atoms. The van der Waals surface area contributed by atoms with Gasteiger partial charge in [0.1, 0.15) is 0 Å². The Morgan fingerprint density at radius 2 is 1.76 bits per heavy atom. The minimum atomic E-state index is 0.0182. The number of hydrogen-bond acceptors (Lipinski definition) is 5. The van der Waals surface area contributed by atoms with Crippen molar-refractivity contribution in [1.29, 1.82) is 0 Å². The smallest absolute Gasteiger partial charge is 0.203 e. The number of rotatable bonds is 7. The van der Waals surface area contributed by atoms with Crippen LogP contribution >= 0.6 is 0 Å². The molecule has 116 valence electrons. The van der Waals surface area contributed by atoms with Gasteiger partial charge in [-0.15, -0.1) is 0 Å². The Bertz CT molecular complexity index is 495. The molecule has 0 fully saturated rings. The maximum atomic E-state index is 5.96. The fourth-order valence-corrected chi connectivity index (χ4v) is 2.72. The topological polar surface area (TPSA) is 65.7 Å². The van der Waals surface area contributed by atoms with E-state index < -0.39 is 0 Å². The zero-order valence-corrected chi connectivity index (χ0v) is 12.9. The molecule has 2 rings (SSSR count). The van der Waals surface area contributed by atoms with Crippen LogP contribution in [-0.4, -0.2) is 33.9 Å². The van der Waals surface area contributed by atoms with Crippen molar-refractivity contribution in [3.63, 3.8) is 0 Å². The molecular weight excluding hydrogens is 268 g/mol. The van der Waals surface area contributed by atoms with Gasteiger partial charge in [0.05, 0.1) is 21.3 Å². The van der Waals surface area contributed by atoms with Crippen LogP contribution in [0.4, 0.5) is 0 Å². The van der Waals surface area contributed by atoms with Crippen molar-refractivity contribution in [2.75, 3.05) is 27.9 Å². The van der Waals surface area contributed by atoms with Gasteiger partial charge in [-0.05, 0) is 25.0 Å². The average molecular weight is 292 g/mol. The van der Waals surface area contributed by atoms with Gasteiger partial charge in [0.25, 0.3) is 0 Å². The van der Waals surface area contributed by atoms with E-state index in [1.807, 2.05) is 12.1 Å². The summed E-state index contributed by atoms with van der Waals surface area (Å²) in [4.78, 5) is 0. The summed E-state index contributed by atoms with van der Waals surface area (Å²) in [5.74, 6) is 1.92. The lowest BCUT2D eigenvalue weighted by Crippen LogP contribution is -2.35. The van der Waals surface area contributed by atoms with E-state index in [1.165, 1.54) is 0 Å². The highest BCUT2D eigenvalue weighted by Crippen LogP contribution is 2.42. The van der Waals surface area contributed by atoms with Crippen LogP contribution < -0.4 is 25.3 Å². The summed E-state index contributed by atoms with van der Waals surface area (Å²) in [5, 5.41) is 3.58. The molecule has 3 N–H and O–H groups in total. The number of benzene rings is 1. The number of nitrogens with one attached hydrogen (secondary N) is 1. The van der Waals surface area contributed by atoms with Crippen LogP contribution in [0.1, 0.15) is 24.4 Å². The largest absolute Gasteiger partial charge is 0.493 e. The Balaban J connectivity index is 2.31.